The molecule has 0 radical (unpaired) electrons. The summed E-state index contributed by atoms with van der Waals surface area (Å²) in [7, 11) is 0. The lowest BCUT2D eigenvalue weighted by atomic mass is 10.2. The Morgan fingerprint density at radius 2 is 1.72 bits per heavy atom. The van der Waals surface area contributed by atoms with Gasteiger partial charge in [0.05, 0.1) is 5.56 Å². The normalized spacial score (nSPS) is 11.3. The molecule has 2 nitrogen and oxygen atoms in total. The number of nitrogens with zero attached hydrogens (tertiary/aromatic N) is 1. The molecule has 2 rings (SSSR count). The first-order chi connectivity index (χ1) is 8.45. The van der Waals surface area contributed by atoms with E-state index in [4.69, 9.17) is 4.74 Å². The third-order valence-electron chi connectivity index (χ3n) is 2.31. The molecule has 0 spiro atoms. The van der Waals surface area contributed by atoms with Gasteiger partial charge >= 0.3 is 6.18 Å². The molecule has 0 amide bonds. The Kier molecular flexibility index (Phi) is 3.23. The summed E-state index contributed by atoms with van der Waals surface area (Å²) in [5, 5.41) is 0. The highest BCUT2D eigenvalue weighted by Crippen LogP contribution is 2.31. The lowest BCUT2D eigenvalue weighted by molar-refractivity contribution is -0.137. The first kappa shape index (κ1) is 12.4. The fourth-order valence-corrected chi connectivity index (χ4v) is 1.37. The molecule has 0 bridgehead atoms. The molecular formula is C13H10F3NO. The molecule has 0 atom stereocenters. The maximum Gasteiger partial charge on any atom is 0.416 e. The topological polar surface area (TPSA) is 22.1 Å². The van der Waals surface area contributed by atoms with Crippen LogP contribution in [0.1, 0.15) is 11.1 Å². The largest absolute Gasteiger partial charge is 0.439 e. The van der Waals surface area contributed by atoms with Gasteiger partial charge < -0.3 is 4.74 Å². The molecule has 5 heteroatoms. The number of halogens is 3. The molecule has 2 aromatic rings. The van der Waals surface area contributed by atoms with E-state index in [1.807, 2.05) is 19.1 Å². The van der Waals surface area contributed by atoms with Gasteiger partial charge in [0.1, 0.15) is 5.75 Å². The first-order valence-corrected chi connectivity index (χ1v) is 5.23. The highest BCUT2D eigenvalue weighted by molar-refractivity contribution is 5.31. The van der Waals surface area contributed by atoms with Gasteiger partial charge in [-0.1, -0.05) is 17.7 Å². The number of aryl methyl sites for hydroxylation is 1. The molecule has 1 heterocycles. The van der Waals surface area contributed by atoms with E-state index >= 15 is 0 Å². The zero-order valence-electron chi connectivity index (χ0n) is 9.53. The van der Waals surface area contributed by atoms with Gasteiger partial charge in [0.25, 0.3) is 0 Å². The van der Waals surface area contributed by atoms with Crippen LogP contribution in [0.2, 0.25) is 0 Å². The van der Waals surface area contributed by atoms with Gasteiger partial charge in [-0.3, -0.25) is 0 Å². The van der Waals surface area contributed by atoms with E-state index in [2.05, 4.69) is 4.98 Å². The standard InChI is InChI=1S/C13H10F3NO/c1-9-2-4-11(5-3-9)18-12-8-10(6-7-17-12)13(14,15)16/h2-8H,1H3. The number of alkyl halides is 3. The lowest BCUT2D eigenvalue weighted by Crippen LogP contribution is -2.05. The SMILES string of the molecule is Cc1ccc(Oc2cc(C(F)(F)F)ccn2)cc1. The van der Waals surface area contributed by atoms with Gasteiger partial charge in [0.15, 0.2) is 0 Å². The number of rotatable bonds is 2. The van der Waals surface area contributed by atoms with E-state index in [1.54, 1.807) is 12.1 Å². The lowest BCUT2D eigenvalue weighted by Gasteiger charge is -2.09. The second-order valence-corrected chi connectivity index (χ2v) is 3.80. The monoisotopic (exact) mass is 253 g/mol. The van der Waals surface area contributed by atoms with Crippen LogP contribution in [0.25, 0.3) is 0 Å². The highest BCUT2D eigenvalue weighted by atomic mass is 19.4. The third kappa shape index (κ3) is 3.00. The zero-order chi connectivity index (χ0) is 13.2. The second kappa shape index (κ2) is 4.68. The van der Waals surface area contributed by atoms with Crippen LogP contribution in [0.4, 0.5) is 13.2 Å². The minimum absolute atomic E-state index is 0.0753. The van der Waals surface area contributed by atoms with Crippen LogP contribution < -0.4 is 4.74 Å². The van der Waals surface area contributed by atoms with Crippen molar-refractivity contribution in [3.05, 3.63) is 53.7 Å². The van der Waals surface area contributed by atoms with Crippen LogP contribution in [0.5, 0.6) is 11.6 Å². The minimum atomic E-state index is -4.39. The van der Waals surface area contributed by atoms with Crippen molar-refractivity contribution in [2.75, 3.05) is 0 Å². The molecule has 0 aliphatic heterocycles. The summed E-state index contributed by atoms with van der Waals surface area (Å²) in [5.74, 6) is 0.376. The molecule has 1 aromatic heterocycles. The van der Waals surface area contributed by atoms with Crippen molar-refractivity contribution in [3.63, 3.8) is 0 Å². The van der Waals surface area contributed by atoms with Gasteiger partial charge in [0.2, 0.25) is 5.88 Å². The molecule has 0 saturated carbocycles. The van der Waals surface area contributed by atoms with Gasteiger partial charge in [-0.25, -0.2) is 4.98 Å². The van der Waals surface area contributed by atoms with Gasteiger partial charge in [-0.2, -0.15) is 13.2 Å². The molecule has 18 heavy (non-hydrogen) atoms. The Labute approximate surface area is 102 Å². The van der Waals surface area contributed by atoms with E-state index in [0.717, 1.165) is 23.9 Å². The Bertz CT molecular complexity index is 535. The molecular weight excluding hydrogens is 243 g/mol. The van der Waals surface area contributed by atoms with Crippen LogP contribution in [0, 0.1) is 6.92 Å². The van der Waals surface area contributed by atoms with Crippen LogP contribution in [0.3, 0.4) is 0 Å². The van der Waals surface area contributed by atoms with Crippen molar-refractivity contribution in [1.29, 1.82) is 0 Å². The summed E-state index contributed by atoms with van der Waals surface area (Å²) in [6.07, 6.45) is -3.32. The van der Waals surface area contributed by atoms with Crippen molar-refractivity contribution in [2.45, 2.75) is 13.1 Å². The van der Waals surface area contributed by atoms with Gasteiger partial charge in [-0.05, 0) is 25.1 Å². The Morgan fingerprint density at radius 1 is 1.06 bits per heavy atom. The predicted molar refractivity (Wildman–Crippen MR) is 60.5 cm³/mol. The number of hydrogen-bond donors (Lipinski definition) is 0. The average molecular weight is 253 g/mol. The van der Waals surface area contributed by atoms with Crippen LogP contribution in [-0.2, 0) is 6.18 Å². The molecule has 94 valence electrons. The number of pyridine rings is 1. The molecule has 0 fully saturated rings. The van der Waals surface area contributed by atoms with E-state index < -0.39 is 11.7 Å². The average Bonchev–Trinajstić information content (AvgIpc) is 2.31. The number of ether oxygens (including phenoxy) is 1. The van der Waals surface area contributed by atoms with Crippen molar-refractivity contribution in [2.24, 2.45) is 0 Å². The van der Waals surface area contributed by atoms with Crippen LogP contribution in [0.15, 0.2) is 42.6 Å². The zero-order valence-corrected chi connectivity index (χ0v) is 9.53. The molecule has 0 aliphatic rings. The fraction of sp³-hybridized carbons (Fsp3) is 0.154. The summed E-state index contributed by atoms with van der Waals surface area (Å²) < 4.78 is 42.7. The number of benzene rings is 1. The smallest absolute Gasteiger partial charge is 0.416 e. The maximum atomic E-state index is 12.5. The van der Waals surface area contributed by atoms with E-state index in [0.29, 0.717) is 5.75 Å². The van der Waals surface area contributed by atoms with Crippen molar-refractivity contribution < 1.29 is 17.9 Å². The van der Waals surface area contributed by atoms with E-state index in [9.17, 15) is 13.2 Å². The van der Waals surface area contributed by atoms with Crippen molar-refractivity contribution >= 4 is 0 Å². The fourth-order valence-electron chi connectivity index (χ4n) is 1.37. The van der Waals surface area contributed by atoms with Crippen LogP contribution >= 0.6 is 0 Å². The molecule has 0 N–H and O–H groups in total. The number of hydrogen-bond acceptors (Lipinski definition) is 2. The summed E-state index contributed by atoms with van der Waals surface area (Å²) in [4.78, 5) is 3.75. The third-order valence-corrected chi connectivity index (χ3v) is 2.31. The highest BCUT2D eigenvalue weighted by Gasteiger charge is 2.30. The summed E-state index contributed by atoms with van der Waals surface area (Å²) in [6, 6.07) is 8.75. The molecule has 0 aliphatic carbocycles. The van der Waals surface area contributed by atoms with Crippen LogP contribution in [-0.4, -0.2) is 4.98 Å². The van der Waals surface area contributed by atoms with Crippen molar-refractivity contribution in [3.8, 4) is 11.6 Å². The Morgan fingerprint density at radius 3 is 2.33 bits per heavy atom. The predicted octanol–water partition coefficient (Wildman–Crippen LogP) is 4.20. The van der Waals surface area contributed by atoms with E-state index in [1.165, 1.54) is 0 Å². The molecule has 1 aromatic carbocycles. The molecule has 0 saturated heterocycles. The second-order valence-electron chi connectivity index (χ2n) is 3.80. The maximum absolute atomic E-state index is 12.5. The Balaban J connectivity index is 2.22. The summed E-state index contributed by atoms with van der Waals surface area (Å²) in [5.41, 5.74) is 0.263. The van der Waals surface area contributed by atoms with E-state index in [-0.39, 0.29) is 5.88 Å². The van der Waals surface area contributed by atoms with Gasteiger partial charge in [-0.15, -0.1) is 0 Å². The number of aromatic nitrogens is 1. The summed E-state index contributed by atoms with van der Waals surface area (Å²) in [6.45, 7) is 1.91. The quantitative estimate of drug-likeness (QED) is 0.800. The Hall–Kier alpha value is -2.04. The minimum Gasteiger partial charge on any atom is -0.439 e. The van der Waals surface area contributed by atoms with Crippen molar-refractivity contribution in [1.82, 2.24) is 4.98 Å². The summed E-state index contributed by atoms with van der Waals surface area (Å²) >= 11 is 0. The van der Waals surface area contributed by atoms with Gasteiger partial charge in [0, 0.05) is 12.3 Å². The first-order valence-electron chi connectivity index (χ1n) is 5.23. The molecule has 0 unspecified atom stereocenters.